The first-order valence-corrected chi connectivity index (χ1v) is 8.46. The van der Waals surface area contributed by atoms with Crippen molar-refractivity contribution >= 4 is 17.5 Å². The van der Waals surface area contributed by atoms with Crippen LogP contribution in [0, 0.1) is 20.8 Å². The molecule has 1 N–H and O–H groups in total. The smallest absolute Gasteiger partial charge is 0.261 e. The van der Waals surface area contributed by atoms with Crippen LogP contribution in [-0.4, -0.2) is 12.0 Å². The van der Waals surface area contributed by atoms with Gasteiger partial charge in [-0.05, 0) is 81.1 Å². The average molecular weight is 346 g/mol. The summed E-state index contributed by atoms with van der Waals surface area (Å²) in [6.45, 7) is 9.97. The van der Waals surface area contributed by atoms with E-state index in [0.717, 1.165) is 5.56 Å². The Labute approximate surface area is 149 Å². The van der Waals surface area contributed by atoms with E-state index in [0.29, 0.717) is 10.8 Å². The van der Waals surface area contributed by atoms with Crippen molar-refractivity contribution in [3.63, 3.8) is 0 Å². The molecule has 24 heavy (non-hydrogen) atoms. The molecular formula is C20H24ClNO2. The number of aryl methyl sites for hydroxylation is 3. The summed E-state index contributed by atoms with van der Waals surface area (Å²) in [4.78, 5) is 12.4. The summed E-state index contributed by atoms with van der Waals surface area (Å²) in [5, 5.41) is 3.66. The maximum Gasteiger partial charge on any atom is 0.261 e. The Morgan fingerprint density at radius 1 is 1.00 bits per heavy atom. The monoisotopic (exact) mass is 345 g/mol. The van der Waals surface area contributed by atoms with Gasteiger partial charge in [0.2, 0.25) is 0 Å². The van der Waals surface area contributed by atoms with Crippen LogP contribution in [0.4, 0.5) is 0 Å². The van der Waals surface area contributed by atoms with E-state index in [1.165, 1.54) is 16.7 Å². The number of amides is 1. The summed E-state index contributed by atoms with van der Waals surface area (Å²) in [5.41, 5.74) is 4.79. The minimum atomic E-state index is -0.583. The summed E-state index contributed by atoms with van der Waals surface area (Å²) in [7, 11) is 0. The van der Waals surface area contributed by atoms with Gasteiger partial charge < -0.3 is 10.1 Å². The van der Waals surface area contributed by atoms with Gasteiger partial charge >= 0.3 is 0 Å². The third kappa shape index (κ3) is 4.51. The molecule has 4 heteroatoms. The van der Waals surface area contributed by atoms with E-state index in [-0.39, 0.29) is 11.9 Å². The van der Waals surface area contributed by atoms with E-state index < -0.39 is 6.10 Å². The molecule has 0 saturated carbocycles. The average Bonchev–Trinajstić information content (AvgIpc) is 2.52. The lowest BCUT2D eigenvalue weighted by Gasteiger charge is -2.21. The van der Waals surface area contributed by atoms with Crippen molar-refractivity contribution in [2.45, 2.75) is 46.8 Å². The minimum absolute atomic E-state index is 0.0759. The molecule has 2 aromatic carbocycles. The molecule has 0 radical (unpaired) electrons. The number of rotatable bonds is 5. The highest BCUT2D eigenvalue weighted by Gasteiger charge is 2.19. The first kappa shape index (κ1) is 18.3. The Hall–Kier alpha value is -2.00. The van der Waals surface area contributed by atoms with Gasteiger partial charge in [-0.1, -0.05) is 23.7 Å². The maximum atomic E-state index is 12.4. The van der Waals surface area contributed by atoms with E-state index >= 15 is 0 Å². The van der Waals surface area contributed by atoms with Crippen LogP contribution in [-0.2, 0) is 4.79 Å². The van der Waals surface area contributed by atoms with Crippen molar-refractivity contribution in [1.82, 2.24) is 5.32 Å². The lowest BCUT2D eigenvalue weighted by Crippen LogP contribution is -2.38. The van der Waals surface area contributed by atoms with Crippen LogP contribution in [0.5, 0.6) is 5.75 Å². The van der Waals surface area contributed by atoms with E-state index in [9.17, 15) is 4.79 Å². The molecule has 0 spiro atoms. The summed E-state index contributed by atoms with van der Waals surface area (Å²) in [6.07, 6.45) is -0.583. The number of benzene rings is 2. The van der Waals surface area contributed by atoms with Crippen LogP contribution in [0.1, 0.15) is 42.1 Å². The van der Waals surface area contributed by atoms with Gasteiger partial charge in [0.15, 0.2) is 6.10 Å². The first-order valence-electron chi connectivity index (χ1n) is 8.08. The predicted octanol–water partition coefficient (Wildman–Crippen LogP) is 4.91. The second-order valence-corrected chi connectivity index (χ2v) is 6.67. The Morgan fingerprint density at radius 2 is 1.58 bits per heavy atom. The molecule has 3 nitrogen and oxygen atoms in total. The molecule has 0 aromatic heterocycles. The zero-order valence-corrected chi connectivity index (χ0v) is 15.6. The normalized spacial score (nSPS) is 13.2. The van der Waals surface area contributed by atoms with Crippen molar-refractivity contribution in [2.24, 2.45) is 0 Å². The van der Waals surface area contributed by atoms with Gasteiger partial charge in [0.1, 0.15) is 5.75 Å². The second-order valence-electron chi connectivity index (χ2n) is 6.24. The quantitative estimate of drug-likeness (QED) is 0.836. The number of hydrogen-bond donors (Lipinski definition) is 1. The number of ether oxygens (including phenoxy) is 1. The molecule has 0 heterocycles. The molecule has 0 fully saturated rings. The summed E-state index contributed by atoms with van der Waals surface area (Å²) in [5.74, 6) is 0.479. The molecule has 2 aromatic rings. The van der Waals surface area contributed by atoms with Gasteiger partial charge in [0.05, 0.1) is 6.04 Å². The highest BCUT2D eigenvalue weighted by atomic mass is 35.5. The Kier molecular flexibility index (Phi) is 5.89. The van der Waals surface area contributed by atoms with Crippen LogP contribution < -0.4 is 10.1 Å². The fourth-order valence-electron chi connectivity index (χ4n) is 2.63. The maximum absolute atomic E-state index is 12.4. The lowest BCUT2D eigenvalue weighted by atomic mass is 9.96. The van der Waals surface area contributed by atoms with Gasteiger partial charge in [-0.2, -0.15) is 0 Å². The molecule has 128 valence electrons. The molecular weight excluding hydrogens is 322 g/mol. The molecule has 1 amide bonds. The van der Waals surface area contributed by atoms with Crippen molar-refractivity contribution in [1.29, 1.82) is 0 Å². The van der Waals surface area contributed by atoms with Gasteiger partial charge in [-0.15, -0.1) is 0 Å². The number of halogens is 1. The van der Waals surface area contributed by atoms with Crippen molar-refractivity contribution in [2.75, 3.05) is 0 Å². The van der Waals surface area contributed by atoms with E-state index in [2.05, 4.69) is 38.2 Å². The van der Waals surface area contributed by atoms with Crippen LogP contribution >= 0.6 is 11.6 Å². The molecule has 0 aliphatic carbocycles. The van der Waals surface area contributed by atoms with Gasteiger partial charge in [0, 0.05) is 5.02 Å². The van der Waals surface area contributed by atoms with E-state index in [4.69, 9.17) is 16.3 Å². The lowest BCUT2D eigenvalue weighted by molar-refractivity contribution is -0.127. The summed E-state index contributed by atoms with van der Waals surface area (Å²) in [6, 6.07) is 11.2. The molecule has 0 aliphatic rings. The third-order valence-corrected chi connectivity index (χ3v) is 4.46. The summed E-state index contributed by atoms with van der Waals surface area (Å²) < 4.78 is 5.67. The standard InChI is InChI=1S/C20H24ClNO2/c1-12-10-14(3)19(11-13(12)2)15(4)22-20(23)16(5)24-18-8-6-17(21)7-9-18/h6-11,15-16H,1-5H3,(H,22,23)/t15-,16-/m0/s1. The molecule has 0 bridgehead atoms. The zero-order valence-electron chi connectivity index (χ0n) is 14.8. The van der Waals surface area contributed by atoms with Crippen LogP contribution in [0.3, 0.4) is 0 Å². The third-order valence-electron chi connectivity index (χ3n) is 4.20. The fourth-order valence-corrected chi connectivity index (χ4v) is 2.75. The predicted molar refractivity (Wildman–Crippen MR) is 98.8 cm³/mol. The fraction of sp³-hybridized carbons (Fsp3) is 0.350. The van der Waals surface area contributed by atoms with Gasteiger partial charge in [-0.25, -0.2) is 0 Å². The van der Waals surface area contributed by atoms with Gasteiger partial charge in [-0.3, -0.25) is 4.79 Å². The van der Waals surface area contributed by atoms with Gasteiger partial charge in [0.25, 0.3) is 5.91 Å². The van der Waals surface area contributed by atoms with Crippen LogP contribution in [0.15, 0.2) is 36.4 Å². The highest BCUT2D eigenvalue weighted by molar-refractivity contribution is 6.30. The summed E-state index contributed by atoms with van der Waals surface area (Å²) >= 11 is 5.85. The SMILES string of the molecule is Cc1cc(C)c([C@H](C)NC(=O)[C@H](C)Oc2ccc(Cl)cc2)cc1C. The van der Waals surface area contributed by atoms with Crippen LogP contribution in [0.2, 0.25) is 5.02 Å². The van der Waals surface area contributed by atoms with E-state index in [1.54, 1.807) is 31.2 Å². The van der Waals surface area contributed by atoms with E-state index in [1.807, 2.05) is 6.92 Å². The molecule has 0 unspecified atom stereocenters. The molecule has 0 saturated heterocycles. The Bertz CT molecular complexity index is 725. The van der Waals surface area contributed by atoms with Crippen molar-refractivity contribution < 1.29 is 9.53 Å². The highest BCUT2D eigenvalue weighted by Crippen LogP contribution is 2.22. The zero-order chi connectivity index (χ0) is 17.9. The first-order chi connectivity index (χ1) is 11.3. The second kappa shape index (κ2) is 7.71. The minimum Gasteiger partial charge on any atom is -0.481 e. The number of nitrogens with one attached hydrogen (secondary N) is 1. The molecule has 2 atom stereocenters. The molecule has 2 rings (SSSR count). The molecule has 0 aliphatic heterocycles. The topological polar surface area (TPSA) is 38.3 Å². The Morgan fingerprint density at radius 3 is 2.21 bits per heavy atom. The van der Waals surface area contributed by atoms with Crippen molar-refractivity contribution in [3.8, 4) is 5.75 Å². The van der Waals surface area contributed by atoms with Crippen molar-refractivity contribution in [3.05, 3.63) is 63.7 Å². The van der Waals surface area contributed by atoms with Crippen LogP contribution in [0.25, 0.3) is 0 Å². The number of carbonyl (C=O) groups excluding carboxylic acids is 1. The number of carbonyl (C=O) groups is 1. The number of hydrogen-bond acceptors (Lipinski definition) is 2. The largest absolute Gasteiger partial charge is 0.481 e. The Balaban J connectivity index is 2.03.